The first-order valence-electron chi connectivity index (χ1n) is 17.3. The van der Waals surface area contributed by atoms with Crippen molar-refractivity contribution in [2.45, 2.75) is 181 Å². The van der Waals surface area contributed by atoms with Crippen molar-refractivity contribution in [1.29, 1.82) is 0 Å². The molecule has 0 N–H and O–H groups in total. The number of ether oxygens (including phenoxy) is 1. The highest BCUT2D eigenvalue weighted by Gasteiger charge is 2.55. The minimum atomic E-state index is -2.23. The highest BCUT2D eigenvalue weighted by Crippen LogP contribution is 2.56. The first-order chi connectivity index (χ1) is 20.2. The molecule has 0 saturated carbocycles. The van der Waals surface area contributed by atoms with Crippen LogP contribution in [-0.2, 0) is 14.3 Å². The van der Waals surface area contributed by atoms with Gasteiger partial charge in [0.15, 0.2) is 16.6 Å². The van der Waals surface area contributed by atoms with Gasteiger partial charge in [-0.1, -0.05) is 94.7 Å². The van der Waals surface area contributed by atoms with Gasteiger partial charge in [-0.2, -0.15) is 0 Å². The zero-order valence-electron chi connectivity index (χ0n) is 32.5. The van der Waals surface area contributed by atoms with Gasteiger partial charge in [0.25, 0.3) is 8.32 Å². The molecule has 45 heavy (non-hydrogen) atoms. The van der Waals surface area contributed by atoms with Gasteiger partial charge >= 0.3 is 0 Å². The van der Waals surface area contributed by atoms with E-state index in [1.807, 2.05) is 0 Å². The topological polar surface area (TPSA) is 36.9 Å². The summed E-state index contributed by atoms with van der Waals surface area (Å²) in [4.78, 5) is 0. The monoisotopic (exact) mass is 740 g/mol. The van der Waals surface area contributed by atoms with E-state index in [0.29, 0.717) is 23.2 Å². The molecule has 4 nitrogen and oxygen atoms in total. The summed E-state index contributed by atoms with van der Waals surface area (Å²) in [5.41, 5.74) is 3.40. The van der Waals surface area contributed by atoms with Gasteiger partial charge in [-0.05, 0) is 108 Å². The van der Waals surface area contributed by atoms with E-state index in [4.69, 9.17) is 18.0 Å². The lowest BCUT2D eigenvalue weighted by Crippen LogP contribution is -2.54. The maximum atomic E-state index is 7.47. The molecule has 0 bridgehead atoms. The third kappa shape index (κ3) is 8.26. The average molecular weight is 742 g/mol. The molecule has 0 aromatic heterocycles. The second-order valence-electron chi connectivity index (χ2n) is 17.9. The van der Waals surface area contributed by atoms with Crippen LogP contribution in [0.2, 0.25) is 52.9 Å². The predicted octanol–water partition coefficient (Wildman–Crippen LogP) is 12.8. The van der Waals surface area contributed by atoms with E-state index in [0.717, 1.165) is 28.0 Å². The van der Waals surface area contributed by atoms with Gasteiger partial charge in [-0.3, -0.25) is 0 Å². The molecule has 0 aliphatic carbocycles. The average Bonchev–Trinajstić information content (AvgIpc) is 3.15. The number of hydrogen-bond donors (Lipinski definition) is 0. The standard InChI is InChI=1S/C37H69BrO4Si3/c1-25(2)45(26(3)4,27(5)6)41-31-22-21-30(38)34-33(31)37(15,29(8)40-34)32(42-44(18,19)36(12,13)14)23-20-28(7)24-39-43(16,17)35(9,10)11/h20-22,25-27,29,32H,23-24H2,1-19H3/b28-20-/t29-,32-,37-/m1/s1. The van der Waals surface area contributed by atoms with Gasteiger partial charge in [-0.15, -0.1) is 0 Å². The van der Waals surface area contributed by atoms with E-state index < -0.39 is 30.4 Å². The summed E-state index contributed by atoms with van der Waals surface area (Å²) >= 11 is 3.86. The van der Waals surface area contributed by atoms with Gasteiger partial charge in [0.1, 0.15) is 17.6 Å². The molecule has 1 heterocycles. The van der Waals surface area contributed by atoms with E-state index in [9.17, 15) is 0 Å². The molecular formula is C37H69BrO4Si3. The number of hydrogen-bond acceptors (Lipinski definition) is 4. The summed E-state index contributed by atoms with van der Waals surface area (Å²) in [6.45, 7) is 44.8. The van der Waals surface area contributed by atoms with Gasteiger partial charge in [0.2, 0.25) is 0 Å². The lowest BCUT2D eigenvalue weighted by molar-refractivity contribution is 0.0468. The van der Waals surface area contributed by atoms with Crippen LogP contribution < -0.4 is 9.16 Å². The summed E-state index contributed by atoms with van der Waals surface area (Å²) in [6.07, 6.45) is 2.97. The Bertz CT molecular complexity index is 1170. The highest BCUT2D eigenvalue weighted by molar-refractivity contribution is 9.10. The van der Waals surface area contributed by atoms with E-state index >= 15 is 0 Å². The fourth-order valence-corrected chi connectivity index (χ4v) is 14.7. The van der Waals surface area contributed by atoms with Crippen LogP contribution in [0.1, 0.15) is 116 Å². The largest absolute Gasteiger partial charge is 0.542 e. The van der Waals surface area contributed by atoms with E-state index in [-0.39, 0.29) is 22.3 Å². The highest BCUT2D eigenvalue weighted by atomic mass is 79.9. The van der Waals surface area contributed by atoms with E-state index in [2.05, 4.69) is 164 Å². The molecule has 8 heteroatoms. The molecular weight excluding hydrogens is 673 g/mol. The van der Waals surface area contributed by atoms with Crippen molar-refractivity contribution in [3.05, 3.63) is 33.8 Å². The minimum Gasteiger partial charge on any atom is -0.542 e. The van der Waals surface area contributed by atoms with Crippen molar-refractivity contribution < 1.29 is 18.0 Å². The molecule has 1 aliphatic heterocycles. The van der Waals surface area contributed by atoms with Crippen LogP contribution in [0.3, 0.4) is 0 Å². The predicted molar refractivity (Wildman–Crippen MR) is 207 cm³/mol. The third-order valence-electron chi connectivity index (χ3n) is 11.8. The van der Waals surface area contributed by atoms with Gasteiger partial charge in [0, 0.05) is 5.56 Å². The van der Waals surface area contributed by atoms with Crippen molar-refractivity contribution in [3.63, 3.8) is 0 Å². The molecule has 260 valence electrons. The summed E-state index contributed by atoms with van der Waals surface area (Å²) in [5, 5.41) is 0.252. The number of rotatable bonds is 13. The maximum Gasteiger partial charge on any atom is 0.258 e. The fraction of sp³-hybridized carbons (Fsp3) is 0.784. The Balaban J connectivity index is 2.74. The Kier molecular flexibility index (Phi) is 12.9. The molecule has 3 atom stereocenters. The van der Waals surface area contributed by atoms with Crippen LogP contribution in [0.15, 0.2) is 28.3 Å². The van der Waals surface area contributed by atoms with E-state index in [1.165, 1.54) is 5.57 Å². The normalized spacial score (nSPS) is 21.0. The number of benzene rings is 1. The Morgan fingerprint density at radius 3 is 1.84 bits per heavy atom. The Morgan fingerprint density at radius 2 is 1.40 bits per heavy atom. The summed E-state index contributed by atoms with van der Waals surface area (Å²) in [5.74, 6) is 1.89. The Morgan fingerprint density at radius 1 is 0.911 bits per heavy atom. The third-order valence-corrected chi connectivity index (χ3v) is 27.4. The molecule has 2 rings (SSSR count). The van der Waals surface area contributed by atoms with E-state index in [1.54, 1.807) is 0 Å². The fourth-order valence-electron chi connectivity index (χ4n) is 6.54. The Labute approximate surface area is 290 Å². The smallest absolute Gasteiger partial charge is 0.258 e. The molecule has 1 aromatic carbocycles. The zero-order chi connectivity index (χ0) is 35.1. The molecule has 0 unspecified atom stereocenters. The summed E-state index contributed by atoms with van der Waals surface area (Å²) in [7, 11) is -6.25. The van der Waals surface area contributed by atoms with Crippen molar-refractivity contribution in [2.24, 2.45) is 0 Å². The lowest BCUT2D eigenvalue weighted by atomic mass is 9.73. The second-order valence-corrected chi connectivity index (χ2v) is 33.7. The molecule has 0 radical (unpaired) electrons. The van der Waals surface area contributed by atoms with Crippen molar-refractivity contribution in [1.82, 2.24) is 0 Å². The lowest BCUT2D eigenvalue weighted by Gasteiger charge is -2.46. The first kappa shape index (κ1) is 40.8. The maximum absolute atomic E-state index is 7.47. The molecule has 0 spiro atoms. The molecule has 0 amide bonds. The minimum absolute atomic E-state index is 0.0724. The van der Waals surface area contributed by atoms with Crippen LogP contribution in [0.5, 0.6) is 11.5 Å². The molecule has 1 aliphatic rings. The van der Waals surface area contributed by atoms with Crippen LogP contribution in [0.25, 0.3) is 0 Å². The molecule has 0 fully saturated rings. The van der Waals surface area contributed by atoms with Crippen LogP contribution >= 0.6 is 15.9 Å². The van der Waals surface area contributed by atoms with Crippen molar-refractivity contribution >= 4 is 40.9 Å². The molecule has 1 aromatic rings. The molecule has 0 saturated heterocycles. The van der Waals surface area contributed by atoms with Crippen molar-refractivity contribution in [2.75, 3.05) is 6.61 Å². The van der Waals surface area contributed by atoms with Gasteiger partial charge in [0.05, 0.1) is 22.6 Å². The second kappa shape index (κ2) is 14.2. The quantitative estimate of drug-likeness (QED) is 0.149. The van der Waals surface area contributed by atoms with Crippen LogP contribution in [0.4, 0.5) is 0 Å². The SMILES string of the molecule is C/C(=C/C[C@@H](O[Si](C)(C)C(C)(C)C)[C@]1(C)c2c(O[Si](C(C)C)(C(C)C)C(C)C)ccc(Br)c2O[C@@H]1C)CO[Si](C)(C)C(C)(C)C. The van der Waals surface area contributed by atoms with Gasteiger partial charge in [-0.25, -0.2) is 0 Å². The van der Waals surface area contributed by atoms with Gasteiger partial charge < -0.3 is 18.0 Å². The number of fused-ring (bicyclic) bond motifs is 1. The van der Waals surface area contributed by atoms with Crippen molar-refractivity contribution in [3.8, 4) is 11.5 Å². The summed E-state index contributed by atoms with van der Waals surface area (Å²) < 4.78 is 29.3. The zero-order valence-corrected chi connectivity index (χ0v) is 37.1. The number of halogens is 1. The van der Waals surface area contributed by atoms with Crippen LogP contribution in [-0.4, -0.2) is 43.8 Å². The first-order valence-corrected chi connectivity index (χ1v) is 26.1. The Hall–Kier alpha value is -0.389. The summed E-state index contributed by atoms with van der Waals surface area (Å²) in [6, 6.07) is 4.30. The van der Waals surface area contributed by atoms with Crippen LogP contribution in [0, 0.1) is 0 Å².